The Hall–Kier alpha value is -2.07. The van der Waals surface area contributed by atoms with Crippen LogP contribution in [0.5, 0.6) is 0 Å². The lowest BCUT2D eigenvalue weighted by Gasteiger charge is -2.08. The van der Waals surface area contributed by atoms with Crippen LogP contribution in [0, 0.1) is 5.82 Å². The second kappa shape index (κ2) is 5.06. The fourth-order valence-electron chi connectivity index (χ4n) is 1.44. The summed E-state index contributed by atoms with van der Waals surface area (Å²) in [6, 6.07) is 10.3. The number of aromatic carboxylic acids is 1. The molecule has 0 radical (unpaired) electrons. The van der Waals surface area contributed by atoms with Gasteiger partial charge >= 0.3 is 5.97 Å². The van der Waals surface area contributed by atoms with Gasteiger partial charge in [0.05, 0.1) is 11.3 Å². The maximum absolute atomic E-state index is 13.5. The molecule has 2 rings (SSSR count). The van der Waals surface area contributed by atoms with Crippen LogP contribution in [0.3, 0.4) is 0 Å². The molecule has 0 aliphatic rings. The van der Waals surface area contributed by atoms with Gasteiger partial charge in [0, 0.05) is 10.7 Å². The van der Waals surface area contributed by atoms with Crippen LogP contribution in [0.1, 0.15) is 10.4 Å². The predicted octanol–water partition coefficient (Wildman–Crippen LogP) is 3.92. The van der Waals surface area contributed by atoms with Gasteiger partial charge in [0.2, 0.25) is 0 Å². The van der Waals surface area contributed by atoms with Gasteiger partial charge in [-0.3, -0.25) is 0 Å². The molecule has 0 spiro atoms. The highest BCUT2D eigenvalue weighted by atomic mass is 35.5. The van der Waals surface area contributed by atoms with Gasteiger partial charge in [-0.15, -0.1) is 0 Å². The van der Waals surface area contributed by atoms with Crippen molar-refractivity contribution in [2.75, 3.05) is 5.32 Å². The van der Waals surface area contributed by atoms with E-state index >= 15 is 0 Å². The Kier molecular flexibility index (Phi) is 3.48. The number of hydrogen-bond donors (Lipinski definition) is 2. The average Bonchev–Trinajstić information content (AvgIpc) is 2.33. The first-order valence-corrected chi connectivity index (χ1v) is 5.49. The Morgan fingerprint density at radius 3 is 2.39 bits per heavy atom. The molecule has 0 saturated heterocycles. The maximum Gasteiger partial charge on any atom is 0.335 e. The normalized spacial score (nSPS) is 10.1. The first-order chi connectivity index (χ1) is 8.56. The number of rotatable bonds is 3. The molecule has 0 aliphatic carbocycles. The molecule has 5 heteroatoms. The molecule has 92 valence electrons. The SMILES string of the molecule is O=C(O)c1ccc(Nc2ccc(Cl)cc2F)cc1. The van der Waals surface area contributed by atoms with Crippen molar-refractivity contribution < 1.29 is 14.3 Å². The summed E-state index contributed by atoms with van der Waals surface area (Å²) >= 11 is 5.64. The highest BCUT2D eigenvalue weighted by molar-refractivity contribution is 6.30. The van der Waals surface area contributed by atoms with E-state index in [2.05, 4.69) is 5.32 Å². The lowest BCUT2D eigenvalue weighted by atomic mass is 10.2. The first kappa shape index (κ1) is 12.4. The van der Waals surface area contributed by atoms with Gasteiger partial charge < -0.3 is 10.4 Å². The van der Waals surface area contributed by atoms with E-state index < -0.39 is 11.8 Å². The number of anilines is 2. The molecule has 2 N–H and O–H groups in total. The molecule has 2 aromatic rings. The van der Waals surface area contributed by atoms with Crippen LogP contribution in [-0.2, 0) is 0 Å². The van der Waals surface area contributed by atoms with E-state index in [1.807, 2.05) is 0 Å². The third-order valence-electron chi connectivity index (χ3n) is 2.34. The monoisotopic (exact) mass is 265 g/mol. The number of carbonyl (C=O) groups is 1. The summed E-state index contributed by atoms with van der Waals surface area (Å²) in [4.78, 5) is 10.7. The zero-order valence-corrected chi connectivity index (χ0v) is 9.91. The molecule has 0 heterocycles. The molecule has 0 saturated carbocycles. The summed E-state index contributed by atoms with van der Waals surface area (Å²) < 4.78 is 13.5. The van der Waals surface area contributed by atoms with Crippen LogP contribution < -0.4 is 5.32 Å². The average molecular weight is 266 g/mol. The van der Waals surface area contributed by atoms with Gasteiger partial charge in [-0.25, -0.2) is 9.18 Å². The Balaban J connectivity index is 2.21. The van der Waals surface area contributed by atoms with Crippen molar-refractivity contribution in [1.29, 1.82) is 0 Å². The molecule has 0 amide bonds. The molecular formula is C13H9ClFNO2. The third kappa shape index (κ3) is 2.78. The van der Waals surface area contributed by atoms with Gasteiger partial charge in [0.15, 0.2) is 0 Å². The molecule has 0 aromatic heterocycles. The van der Waals surface area contributed by atoms with Gasteiger partial charge in [0.25, 0.3) is 0 Å². The molecule has 0 unspecified atom stereocenters. The fraction of sp³-hybridized carbons (Fsp3) is 0. The maximum atomic E-state index is 13.5. The Morgan fingerprint density at radius 2 is 1.83 bits per heavy atom. The molecule has 3 nitrogen and oxygen atoms in total. The van der Waals surface area contributed by atoms with Crippen molar-refractivity contribution in [1.82, 2.24) is 0 Å². The molecule has 0 atom stereocenters. The van der Waals surface area contributed by atoms with Gasteiger partial charge in [-0.2, -0.15) is 0 Å². The second-order valence-electron chi connectivity index (χ2n) is 3.63. The third-order valence-corrected chi connectivity index (χ3v) is 2.58. The van der Waals surface area contributed by atoms with E-state index in [9.17, 15) is 9.18 Å². The van der Waals surface area contributed by atoms with E-state index in [0.29, 0.717) is 10.7 Å². The number of carboxylic acids is 1. The summed E-state index contributed by atoms with van der Waals surface area (Å²) in [7, 11) is 0. The zero-order chi connectivity index (χ0) is 13.1. The lowest BCUT2D eigenvalue weighted by molar-refractivity contribution is 0.0697. The zero-order valence-electron chi connectivity index (χ0n) is 9.15. The summed E-state index contributed by atoms with van der Waals surface area (Å²) in [5.41, 5.74) is 1.06. The summed E-state index contributed by atoms with van der Waals surface area (Å²) in [5, 5.41) is 11.9. The van der Waals surface area contributed by atoms with E-state index in [-0.39, 0.29) is 11.3 Å². The van der Waals surface area contributed by atoms with Crippen LogP contribution in [-0.4, -0.2) is 11.1 Å². The summed E-state index contributed by atoms with van der Waals surface area (Å²) in [6.07, 6.45) is 0. The van der Waals surface area contributed by atoms with Crippen molar-refractivity contribution in [2.24, 2.45) is 0 Å². The minimum Gasteiger partial charge on any atom is -0.478 e. The van der Waals surface area contributed by atoms with Crippen molar-refractivity contribution in [3.8, 4) is 0 Å². The van der Waals surface area contributed by atoms with Crippen LogP contribution in [0.15, 0.2) is 42.5 Å². The van der Waals surface area contributed by atoms with Gasteiger partial charge in [0.1, 0.15) is 5.82 Å². The first-order valence-electron chi connectivity index (χ1n) is 5.12. The Morgan fingerprint density at radius 1 is 1.17 bits per heavy atom. The van der Waals surface area contributed by atoms with E-state index in [4.69, 9.17) is 16.7 Å². The van der Waals surface area contributed by atoms with E-state index in [0.717, 1.165) is 0 Å². The largest absolute Gasteiger partial charge is 0.478 e. The minimum atomic E-state index is -1.00. The Labute approximate surface area is 108 Å². The summed E-state index contributed by atoms with van der Waals surface area (Å²) in [6.45, 7) is 0. The standard InChI is InChI=1S/C13H9ClFNO2/c14-9-3-6-12(11(15)7-9)16-10-4-1-8(2-5-10)13(17)18/h1-7,16H,(H,17,18). The second-order valence-corrected chi connectivity index (χ2v) is 4.07. The van der Waals surface area contributed by atoms with Crippen LogP contribution in [0.25, 0.3) is 0 Å². The van der Waals surface area contributed by atoms with Crippen LogP contribution in [0.2, 0.25) is 5.02 Å². The predicted molar refractivity (Wildman–Crippen MR) is 68.1 cm³/mol. The summed E-state index contributed by atoms with van der Waals surface area (Å²) in [5.74, 6) is -1.47. The van der Waals surface area contributed by atoms with Gasteiger partial charge in [-0.1, -0.05) is 11.6 Å². The lowest BCUT2D eigenvalue weighted by Crippen LogP contribution is -1.97. The van der Waals surface area contributed by atoms with Gasteiger partial charge in [-0.05, 0) is 42.5 Å². The highest BCUT2D eigenvalue weighted by Gasteiger charge is 2.05. The van der Waals surface area contributed by atoms with Crippen LogP contribution in [0.4, 0.5) is 15.8 Å². The van der Waals surface area contributed by atoms with E-state index in [1.165, 1.54) is 24.3 Å². The molecular weight excluding hydrogens is 257 g/mol. The topological polar surface area (TPSA) is 49.3 Å². The Bertz CT molecular complexity index is 584. The smallest absolute Gasteiger partial charge is 0.335 e. The fourth-order valence-corrected chi connectivity index (χ4v) is 1.60. The number of carboxylic acid groups (broad SMARTS) is 1. The van der Waals surface area contributed by atoms with Crippen molar-refractivity contribution >= 4 is 28.9 Å². The number of halogens is 2. The minimum absolute atomic E-state index is 0.178. The number of nitrogens with one attached hydrogen (secondary N) is 1. The van der Waals surface area contributed by atoms with Crippen molar-refractivity contribution in [3.05, 3.63) is 58.9 Å². The molecule has 0 aliphatic heterocycles. The quantitative estimate of drug-likeness (QED) is 0.884. The number of benzene rings is 2. The van der Waals surface area contributed by atoms with Crippen molar-refractivity contribution in [3.63, 3.8) is 0 Å². The molecule has 18 heavy (non-hydrogen) atoms. The molecule has 2 aromatic carbocycles. The number of hydrogen-bond acceptors (Lipinski definition) is 2. The van der Waals surface area contributed by atoms with Crippen molar-refractivity contribution in [2.45, 2.75) is 0 Å². The molecule has 0 bridgehead atoms. The van der Waals surface area contributed by atoms with E-state index in [1.54, 1.807) is 18.2 Å². The highest BCUT2D eigenvalue weighted by Crippen LogP contribution is 2.23. The molecule has 0 fully saturated rings. The van der Waals surface area contributed by atoms with Crippen LogP contribution >= 0.6 is 11.6 Å².